The van der Waals surface area contributed by atoms with Crippen LogP contribution in [0.2, 0.25) is 4.44 Å². The van der Waals surface area contributed by atoms with Gasteiger partial charge in [-0.15, -0.1) is 0 Å². The average molecular weight is 477 g/mol. The molecule has 142 valence electrons. The first-order valence-corrected chi connectivity index (χ1v) is 16.3. The topological polar surface area (TPSA) is 26.3 Å². The Hall–Kier alpha value is -1.91. The SMILES string of the molecule is O=CC[C@@H]1COC[C@@H]1[CH2][Sn]([c]1ccccc1)([c]1ccccc1)[c]1ccccc1. The predicted molar refractivity (Wildman–Crippen MR) is 117 cm³/mol. The zero-order valence-corrected chi connectivity index (χ0v) is 18.9. The van der Waals surface area contributed by atoms with Gasteiger partial charge < -0.3 is 0 Å². The molecule has 3 aromatic carbocycles. The van der Waals surface area contributed by atoms with Crippen LogP contribution in [-0.4, -0.2) is 37.9 Å². The average Bonchev–Trinajstić information content (AvgIpc) is 3.21. The normalized spacial score (nSPS) is 19.4. The first-order chi connectivity index (χ1) is 13.8. The molecular weight excluding hydrogens is 451 g/mol. The molecule has 1 fully saturated rings. The van der Waals surface area contributed by atoms with E-state index in [0.29, 0.717) is 24.9 Å². The summed E-state index contributed by atoms with van der Waals surface area (Å²) in [5.41, 5.74) is 0. The van der Waals surface area contributed by atoms with Gasteiger partial charge in [-0.25, -0.2) is 0 Å². The molecular formula is C25H26O2Sn. The number of ether oxygens (including phenoxy) is 1. The fraction of sp³-hybridized carbons (Fsp3) is 0.240. The molecule has 3 heteroatoms. The monoisotopic (exact) mass is 478 g/mol. The summed E-state index contributed by atoms with van der Waals surface area (Å²) in [5, 5.41) is 0. The molecule has 2 atom stereocenters. The van der Waals surface area contributed by atoms with Crippen LogP contribution in [0.25, 0.3) is 0 Å². The fourth-order valence-corrected chi connectivity index (χ4v) is 19.6. The van der Waals surface area contributed by atoms with Crippen LogP contribution in [0.15, 0.2) is 91.0 Å². The van der Waals surface area contributed by atoms with E-state index in [1.165, 1.54) is 10.7 Å². The van der Waals surface area contributed by atoms with E-state index in [9.17, 15) is 4.79 Å². The summed E-state index contributed by atoms with van der Waals surface area (Å²) in [5.74, 6) is 0.770. The number of rotatable bonds is 7. The maximum absolute atomic E-state index is 11.2. The first kappa shape index (κ1) is 19.4. The van der Waals surface area contributed by atoms with Crippen molar-refractivity contribution < 1.29 is 9.53 Å². The van der Waals surface area contributed by atoms with Gasteiger partial charge in [-0.05, 0) is 0 Å². The molecule has 28 heavy (non-hydrogen) atoms. The quantitative estimate of drug-likeness (QED) is 0.387. The second-order valence-corrected chi connectivity index (χ2v) is 18.9. The van der Waals surface area contributed by atoms with E-state index < -0.39 is 18.4 Å². The zero-order valence-electron chi connectivity index (χ0n) is 16.0. The van der Waals surface area contributed by atoms with Crippen molar-refractivity contribution in [2.75, 3.05) is 13.2 Å². The first-order valence-electron chi connectivity index (χ1n) is 10.0. The summed E-state index contributed by atoms with van der Waals surface area (Å²) in [6, 6.07) is 33.2. The van der Waals surface area contributed by atoms with Crippen molar-refractivity contribution >= 4 is 35.4 Å². The molecule has 0 N–H and O–H groups in total. The van der Waals surface area contributed by atoms with E-state index in [1.54, 1.807) is 0 Å². The van der Waals surface area contributed by atoms with E-state index in [4.69, 9.17) is 4.74 Å². The fourth-order valence-electron chi connectivity index (χ4n) is 4.67. The Morgan fingerprint density at radius 1 is 0.714 bits per heavy atom. The van der Waals surface area contributed by atoms with Gasteiger partial charge in [0, 0.05) is 0 Å². The van der Waals surface area contributed by atoms with Crippen LogP contribution in [0.1, 0.15) is 6.42 Å². The minimum absolute atomic E-state index is 0.338. The summed E-state index contributed by atoms with van der Waals surface area (Å²) in [6.45, 7) is 1.48. The van der Waals surface area contributed by atoms with Crippen LogP contribution in [0, 0.1) is 11.8 Å². The van der Waals surface area contributed by atoms with Crippen molar-refractivity contribution in [3.63, 3.8) is 0 Å². The number of benzene rings is 3. The molecule has 0 saturated carbocycles. The number of hydrogen-bond donors (Lipinski definition) is 0. The molecule has 1 aliphatic rings. The van der Waals surface area contributed by atoms with Crippen molar-refractivity contribution in [2.45, 2.75) is 10.9 Å². The molecule has 1 saturated heterocycles. The Morgan fingerprint density at radius 3 is 1.57 bits per heavy atom. The molecule has 4 rings (SSSR count). The zero-order chi connectivity index (χ0) is 19.2. The van der Waals surface area contributed by atoms with Crippen molar-refractivity contribution in [3.8, 4) is 0 Å². The molecule has 2 nitrogen and oxygen atoms in total. The van der Waals surface area contributed by atoms with E-state index in [2.05, 4.69) is 91.0 Å². The number of carbonyl (C=O) groups excluding carboxylic acids is 1. The van der Waals surface area contributed by atoms with Gasteiger partial charge in [0.2, 0.25) is 0 Å². The van der Waals surface area contributed by atoms with Gasteiger partial charge in [0.25, 0.3) is 0 Å². The molecule has 1 heterocycles. The van der Waals surface area contributed by atoms with Crippen LogP contribution >= 0.6 is 0 Å². The Labute approximate surface area is 171 Å². The number of hydrogen-bond acceptors (Lipinski definition) is 2. The molecule has 0 aromatic heterocycles. The minimum atomic E-state index is -3.27. The summed E-state index contributed by atoms with van der Waals surface area (Å²) < 4.78 is 11.5. The molecule has 0 unspecified atom stereocenters. The van der Waals surface area contributed by atoms with Gasteiger partial charge in [-0.3, -0.25) is 0 Å². The van der Waals surface area contributed by atoms with Gasteiger partial charge in [-0.1, -0.05) is 0 Å². The van der Waals surface area contributed by atoms with E-state index in [1.807, 2.05) is 0 Å². The second kappa shape index (κ2) is 9.06. The third kappa shape index (κ3) is 3.81. The second-order valence-electron chi connectivity index (χ2n) is 7.67. The number of carbonyl (C=O) groups is 1. The van der Waals surface area contributed by atoms with Gasteiger partial charge in [0.15, 0.2) is 0 Å². The predicted octanol–water partition coefficient (Wildman–Crippen LogP) is 3.01. The molecule has 0 radical (unpaired) electrons. The Morgan fingerprint density at radius 2 is 1.14 bits per heavy atom. The summed E-state index contributed by atoms with van der Waals surface area (Å²) >= 11 is -3.27. The number of aldehydes is 1. The maximum atomic E-state index is 11.2. The van der Waals surface area contributed by atoms with Crippen LogP contribution in [-0.2, 0) is 9.53 Å². The van der Waals surface area contributed by atoms with Crippen LogP contribution < -0.4 is 10.7 Å². The molecule has 0 bridgehead atoms. The van der Waals surface area contributed by atoms with Crippen molar-refractivity contribution in [3.05, 3.63) is 91.0 Å². The van der Waals surface area contributed by atoms with Gasteiger partial charge in [0.05, 0.1) is 0 Å². The van der Waals surface area contributed by atoms with Crippen molar-refractivity contribution in [1.82, 2.24) is 0 Å². The molecule has 0 spiro atoms. The van der Waals surface area contributed by atoms with E-state index >= 15 is 0 Å². The molecule has 1 aliphatic heterocycles. The van der Waals surface area contributed by atoms with Gasteiger partial charge >= 0.3 is 172 Å². The van der Waals surface area contributed by atoms with Crippen molar-refractivity contribution in [1.29, 1.82) is 0 Å². The summed E-state index contributed by atoms with van der Waals surface area (Å²) in [7, 11) is 0. The van der Waals surface area contributed by atoms with E-state index in [0.717, 1.165) is 17.3 Å². The Kier molecular flexibility index (Phi) is 6.28. The molecule has 0 amide bonds. The van der Waals surface area contributed by atoms with Gasteiger partial charge in [0.1, 0.15) is 0 Å². The third-order valence-electron chi connectivity index (χ3n) is 6.10. The summed E-state index contributed by atoms with van der Waals surface area (Å²) in [4.78, 5) is 11.2. The van der Waals surface area contributed by atoms with Crippen LogP contribution in [0.4, 0.5) is 0 Å². The van der Waals surface area contributed by atoms with Crippen molar-refractivity contribution in [2.24, 2.45) is 11.8 Å². The Balaban J connectivity index is 1.89. The summed E-state index contributed by atoms with van der Waals surface area (Å²) in [6.07, 6.45) is 1.67. The van der Waals surface area contributed by atoms with E-state index in [-0.39, 0.29) is 0 Å². The third-order valence-corrected chi connectivity index (χ3v) is 20.6. The Bertz CT molecular complexity index is 784. The van der Waals surface area contributed by atoms with Gasteiger partial charge in [-0.2, -0.15) is 0 Å². The van der Waals surface area contributed by atoms with Crippen LogP contribution in [0.5, 0.6) is 0 Å². The molecule has 0 aliphatic carbocycles. The van der Waals surface area contributed by atoms with Crippen LogP contribution in [0.3, 0.4) is 0 Å². The molecule has 3 aromatic rings. The standard InChI is InChI=1S/C7H11O2.3C6H5.Sn/c1-6-4-9-5-7(6)2-3-8;3*1-2-4-6-5-3-1;/h3,6-7H,1-2,4-5H2;3*1-5H;/t6-,7+;;;;/m0..../s1.